The van der Waals surface area contributed by atoms with Crippen molar-refractivity contribution in [2.24, 2.45) is 0 Å². The van der Waals surface area contributed by atoms with E-state index in [4.69, 9.17) is 25.1 Å². The summed E-state index contributed by atoms with van der Waals surface area (Å²) in [5.41, 5.74) is 0.737. The Morgan fingerprint density at radius 3 is 1.73 bits per heavy atom. The highest BCUT2D eigenvalue weighted by atomic mass is 31.2. The van der Waals surface area contributed by atoms with Gasteiger partial charge in [-0.3, -0.25) is 9.42 Å². The topological polar surface area (TPSA) is 131 Å². The van der Waals surface area contributed by atoms with Gasteiger partial charge in [0, 0.05) is 19.6 Å². The summed E-state index contributed by atoms with van der Waals surface area (Å²) in [6.45, 7) is 1.69. The van der Waals surface area contributed by atoms with Crippen molar-refractivity contribution < 1.29 is 34.2 Å². The number of rotatable bonds is 9. The Hall–Kier alpha value is -0.830. The van der Waals surface area contributed by atoms with Crippen LogP contribution < -0.4 is 0 Å². The molecule has 0 bridgehead atoms. The van der Waals surface area contributed by atoms with Crippen LogP contribution >= 0.6 is 7.82 Å². The lowest BCUT2D eigenvalue weighted by Gasteiger charge is -2.17. The average molecular weight is 337 g/mol. The number of benzene rings is 1. The molecule has 0 radical (unpaired) electrons. The van der Waals surface area contributed by atoms with Gasteiger partial charge in [-0.1, -0.05) is 30.3 Å². The van der Waals surface area contributed by atoms with Crippen molar-refractivity contribution in [1.29, 1.82) is 0 Å². The molecule has 5 N–H and O–H groups in total. The zero-order valence-electron chi connectivity index (χ0n) is 12.3. The fourth-order valence-corrected chi connectivity index (χ4v) is 1.81. The van der Waals surface area contributed by atoms with Crippen molar-refractivity contribution in [2.45, 2.75) is 6.61 Å². The van der Waals surface area contributed by atoms with Gasteiger partial charge in [0.15, 0.2) is 0 Å². The van der Waals surface area contributed by atoms with Gasteiger partial charge in [-0.25, -0.2) is 4.57 Å². The SMILES string of the molecule is O=P(O)(O)OCc1ccccc1.OCCN(CCO)CCO. The van der Waals surface area contributed by atoms with E-state index in [1.165, 1.54) is 0 Å². The fourth-order valence-electron chi connectivity index (χ4n) is 1.49. The van der Waals surface area contributed by atoms with Crippen molar-refractivity contribution in [3.63, 3.8) is 0 Å². The molecule has 0 aliphatic rings. The summed E-state index contributed by atoms with van der Waals surface area (Å²) in [4.78, 5) is 18.5. The molecule has 9 heteroatoms. The molecule has 1 rings (SSSR count). The van der Waals surface area contributed by atoms with Crippen LogP contribution in [0, 0.1) is 0 Å². The number of phosphoric acid groups is 1. The van der Waals surface area contributed by atoms with Crippen LogP contribution in [0.1, 0.15) is 5.56 Å². The zero-order valence-corrected chi connectivity index (χ0v) is 13.2. The summed E-state index contributed by atoms with van der Waals surface area (Å²) in [5.74, 6) is 0. The maximum Gasteiger partial charge on any atom is 0.469 e. The monoisotopic (exact) mass is 337 g/mol. The molecule has 128 valence electrons. The van der Waals surface area contributed by atoms with Crippen LogP contribution in [0.15, 0.2) is 30.3 Å². The number of aliphatic hydroxyl groups excluding tert-OH is 3. The summed E-state index contributed by atoms with van der Waals surface area (Å²) >= 11 is 0. The van der Waals surface area contributed by atoms with Crippen LogP contribution in [0.4, 0.5) is 0 Å². The Morgan fingerprint density at radius 2 is 1.36 bits per heavy atom. The van der Waals surface area contributed by atoms with Crippen LogP contribution in [-0.4, -0.2) is 69.5 Å². The lowest BCUT2D eigenvalue weighted by Crippen LogP contribution is -2.32. The lowest BCUT2D eigenvalue weighted by molar-refractivity contribution is 0.136. The Labute approximate surface area is 129 Å². The van der Waals surface area contributed by atoms with Crippen molar-refractivity contribution in [2.75, 3.05) is 39.5 Å². The second kappa shape index (κ2) is 12.7. The summed E-state index contributed by atoms with van der Waals surface area (Å²) in [5, 5.41) is 25.5. The summed E-state index contributed by atoms with van der Waals surface area (Å²) < 4.78 is 14.6. The largest absolute Gasteiger partial charge is 0.469 e. The molecular formula is C13H24NO7P. The van der Waals surface area contributed by atoms with Crippen LogP contribution in [0.2, 0.25) is 0 Å². The third kappa shape index (κ3) is 12.9. The van der Waals surface area contributed by atoms with Gasteiger partial charge < -0.3 is 25.1 Å². The van der Waals surface area contributed by atoms with Gasteiger partial charge in [-0.05, 0) is 5.56 Å². The quantitative estimate of drug-likeness (QED) is 0.383. The van der Waals surface area contributed by atoms with Crippen LogP contribution in [0.5, 0.6) is 0 Å². The lowest BCUT2D eigenvalue weighted by atomic mass is 10.2. The molecule has 0 aliphatic heterocycles. The first kappa shape index (κ1) is 21.2. The van der Waals surface area contributed by atoms with E-state index in [2.05, 4.69) is 4.52 Å². The molecule has 0 saturated heterocycles. The molecule has 0 aromatic heterocycles. The summed E-state index contributed by atoms with van der Waals surface area (Å²) in [6.07, 6.45) is 0. The highest BCUT2D eigenvalue weighted by Gasteiger charge is 2.12. The number of hydrogen-bond acceptors (Lipinski definition) is 6. The Kier molecular flexibility index (Phi) is 12.2. The van der Waals surface area contributed by atoms with E-state index in [-0.39, 0.29) is 26.4 Å². The third-order valence-corrected chi connectivity index (χ3v) is 2.96. The van der Waals surface area contributed by atoms with Gasteiger partial charge in [0.25, 0.3) is 0 Å². The zero-order chi connectivity index (χ0) is 16.8. The smallest absolute Gasteiger partial charge is 0.395 e. The van der Waals surface area contributed by atoms with E-state index in [0.717, 1.165) is 5.56 Å². The van der Waals surface area contributed by atoms with Crippen LogP contribution in [0.25, 0.3) is 0 Å². The minimum absolute atomic E-state index is 0.0644. The molecule has 0 fully saturated rings. The van der Waals surface area contributed by atoms with E-state index in [0.29, 0.717) is 19.6 Å². The van der Waals surface area contributed by atoms with Gasteiger partial charge in [-0.2, -0.15) is 0 Å². The minimum atomic E-state index is -4.33. The number of hydrogen-bond donors (Lipinski definition) is 5. The molecular weight excluding hydrogens is 313 g/mol. The Bertz CT molecular complexity index is 398. The van der Waals surface area contributed by atoms with Crippen molar-refractivity contribution in [1.82, 2.24) is 4.90 Å². The molecule has 0 saturated carbocycles. The number of nitrogens with zero attached hydrogens (tertiary/aromatic N) is 1. The standard InChI is InChI=1S/C7H9O4P.C6H15NO3/c8-12(9,10)11-6-7-4-2-1-3-5-7;8-4-1-7(2-5-9)3-6-10/h1-5H,6H2,(H2,8,9,10);8-10H,1-6H2. The first-order valence-corrected chi connectivity index (χ1v) is 8.25. The first-order chi connectivity index (χ1) is 10.4. The van der Waals surface area contributed by atoms with E-state index in [9.17, 15) is 4.57 Å². The van der Waals surface area contributed by atoms with Gasteiger partial charge in [0.2, 0.25) is 0 Å². The molecule has 0 atom stereocenters. The van der Waals surface area contributed by atoms with Crippen molar-refractivity contribution >= 4 is 7.82 Å². The van der Waals surface area contributed by atoms with Gasteiger partial charge >= 0.3 is 7.82 Å². The highest BCUT2D eigenvalue weighted by Crippen LogP contribution is 2.36. The molecule has 0 amide bonds. The molecule has 1 aromatic rings. The second-order valence-electron chi connectivity index (χ2n) is 4.26. The Balaban J connectivity index is 0.000000409. The molecule has 8 nitrogen and oxygen atoms in total. The molecule has 22 heavy (non-hydrogen) atoms. The van der Waals surface area contributed by atoms with E-state index in [1.54, 1.807) is 29.2 Å². The maximum atomic E-state index is 10.3. The van der Waals surface area contributed by atoms with Crippen molar-refractivity contribution in [3.8, 4) is 0 Å². The summed E-state index contributed by atoms with van der Waals surface area (Å²) in [6, 6.07) is 8.84. The van der Waals surface area contributed by atoms with Gasteiger partial charge in [0.05, 0.1) is 26.4 Å². The van der Waals surface area contributed by atoms with Crippen molar-refractivity contribution in [3.05, 3.63) is 35.9 Å². The minimum Gasteiger partial charge on any atom is -0.395 e. The fraction of sp³-hybridized carbons (Fsp3) is 0.538. The molecule has 0 heterocycles. The maximum absolute atomic E-state index is 10.3. The van der Waals surface area contributed by atoms with Gasteiger partial charge in [0.1, 0.15) is 0 Å². The molecule has 0 unspecified atom stereocenters. The molecule has 0 spiro atoms. The Morgan fingerprint density at radius 1 is 0.909 bits per heavy atom. The molecule has 1 aromatic carbocycles. The van der Waals surface area contributed by atoms with Gasteiger partial charge in [-0.15, -0.1) is 0 Å². The summed E-state index contributed by atoms with van der Waals surface area (Å²) in [7, 11) is -4.33. The van der Waals surface area contributed by atoms with Crippen LogP contribution in [-0.2, 0) is 15.7 Å². The normalized spacial score (nSPS) is 11.2. The third-order valence-electron chi connectivity index (χ3n) is 2.49. The number of aliphatic hydroxyl groups is 3. The first-order valence-electron chi connectivity index (χ1n) is 6.72. The highest BCUT2D eigenvalue weighted by molar-refractivity contribution is 7.46. The predicted octanol–water partition coefficient (Wildman–Crippen LogP) is -0.439. The number of phosphoric ester groups is 1. The van der Waals surface area contributed by atoms with E-state index in [1.807, 2.05) is 6.07 Å². The van der Waals surface area contributed by atoms with E-state index >= 15 is 0 Å². The second-order valence-corrected chi connectivity index (χ2v) is 5.50. The van der Waals surface area contributed by atoms with Crippen LogP contribution in [0.3, 0.4) is 0 Å². The predicted molar refractivity (Wildman–Crippen MR) is 81.0 cm³/mol. The average Bonchev–Trinajstić information content (AvgIpc) is 2.47. The van der Waals surface area contributed by atoms with E-state index < -0.39 is 7.82 Å². The molecule has 0 aliphatic carbocycles.